The SMILES string of the molecule is COc1cc2cc(C)n(C(=O)c3ccc(SC)cc3)c2cc1F. The molecule has 0 amide bonds. The smallest absolute Gasteiger partial charge is 0.262 e. The van der Waals surface area contributed by atoms with Gasteiger partial charge in [0, 0.05) is 27.6 Å². The highest BCUT2D eigenvalue weighted by Crippen LogP contribution is 2.28. The van der Waals surface area contributed by atoms with Gasteiger partial charge in [0.2, 0.25) is 0 Å². The molecule has 0 saturated carbocycles. The maximum atomic E-state index is 14.0. The molecule has 1 aromatic heterocycles. The lowest BCUT2D eigenvalue weighted by Crippen LogP contribution is -2.13. The molecule has 0 fully saturated rings. The van der Waals surface area contributed by atoms with Crippen LogP contribution in [0.25, 0.3) is 10.9 Å². The first-order valence-electron chi connectivity index (χ1n) is 7.09. The number of aromatic nitrogens is 1. The molecule has 0 aliphatic carbocycles. The second kappa shape index (κ2) is 6.08. The molecule has 118 valence electrons. The summed E-state index contributed by atoms with van der Waals surface area (Å²) in [5.41, 5.74) is 1.87. The Labute approximate surface area is 138 Å². The first-order chi connectivity index (χ1) is 11.0. The summed E-state index contributed by atoms with van der Waals surface area (Å²) in [4.78, 5) is 13.9. The van der Waals surface area contributed by atoms with Gasteiger partial charge in [-0.15, -0.1) is 11.8 Å². The van der Waals surface area contributed by atoms with Crippen molar-refractivity contribution in [2.75, 3.05) is 13.4 Å². The largest absolute Gasteiger partial charge is 0.494 e. The van der Waals surface area contributed by atoms with Gasteiger partial charge in [-0.05, 0) is 49.6 Å². The quantitative estimate of drug-likeness (QED) is 0.663. The van der Waals surface area contributed by atoms with Crippen LogP contribution >= 0.6 is 11.8 Å². The minimum atomic E-state index is -0.482. The minimum absolute atomic E-state index is 0.172. The molecule has 0 saturated heterocycles. The van der Waals surface area contributed by atoms with Gasteiger partial charge in [0.15, 0.2) is 11.6 Å². The van der Waals surface area contributed by atoms with Crippen LogP contribution in [-0.4, -0.2) is 23.8 Å². The number of benzene rings is 2. The molecule has 0 atom stereocenters. The third-order valence-corrected chi connectivity index (χ3v) is 4.54. The number of rotatable bonds is 3. The van der Waals surface area contributed by atoms with Gasteiger partial charge in [-0.3, -0.25) is 9.36 Å². The number of carbonyl (C=O) groups excluding carboxylic acids is 1. The summed E-state index contributed by atoms with van der Waals surface area (Å²) >= 11 is 1.62. The van der Waals surface area contributed by atoms with Crippen LogP contribution < -0.4 is 4.74 Å². The number of methoxy groups -OCH3 is 1. The van der Waals surface area contributed by atoms with Crippen LogP contribution in [0.3, 0.4) is 0 Å². The highest BCUT2D eigenvalue weighted by molar-refractivity contribution is 7.98. The van der Waals surface area contributed by atoms with E-state index in [1.165, 1.54) is 17.7 Å². The van der Waals surface area contributed by atoms with E-state index in [-0.39, 0.29) is 11.7 Å². The zero-order chi connectivity index (χ0) is 16.6. The van der Waals surface area contributed by atoms with Crippen LogP contribution in [0.4, 0.5) is 4.39 Å². The van der Waals surface area contributed by atoms with Gasteiger partial charge >= 0.3 is 0 Å². The highest BCUT2D eigenvalue weighted by atomic mass is 32.2. The van der Waals surface area contributed by atoms with Crippen molar-refractivity contribution in [1.29, 1.82) is 0 Å². The molecule has 3 aromatic rings. The van der Waals surface area contributed by atoms with Gasteiger partial charge < -0.3 is 4.74 Å². The predicted molar refractivity (Wildman–Crippen MR) is 91.1 cm³/mol. The number of carbonyl (C=O) groups is 1. The summed E-state index contributed by atoms with van der Waals surface area (Å²) in [7, 11) is 1.42. The van der Waals surface area contributed by atoms with Crippen molar-refractivity contribution < 1.29 is 13.9 Å². The Kier molecular flexibility index (Phi) is 4.13. The zero-order valence-electron chi connectivity index (χ0n) is 13.1. The van der Waals surface area contributed by atoms with E-state index >= 15 is 0 Å². The number of nitrogens with zero attached hydrogens (tertiary/aromatic N) is 1. The molecule has 0 radical (unpaired) electrons. The molecule has 0 bridgehead atoms. The van der Waals surface area contributed by atoms with E-state index in [0.29, 0.717) is 11.1 Å². The first-order valence-corrected chi connectivity index (χ1v) is 8.32. The number of hydrogen-bond acceptors (Lipinski definition) is 3. The fourth-order valence-corrected chi connectivity index (χ4v) is 3.04. The molecule has 0 N–H and O–H groups in total. The Bertz CT molecular complexity index is 884. The van der Waals surface area contributed by atoms with Crippen molar-refractivity contribution in [2.45, 2.75) is 11.8 Å². The van der Waals surface area contributed by atoms with Crippen LogP contribution in [0, 0.1) is 12.7 Å². The van der Waals surface area contributed by atoms with Gasteiger partial charge in [-0.2, -0.15) is 0 Å². The summed E-state index contributed by atoms with van der Waals surface area (Å²) in [5, 5.41) is 0.773. The number of fused-ring (bicyclic) bond motifs is 1. The topological polar surface area (TPSA) is 31.2 Å². The van der Waals surface area contributed by atoms with E-state index < -0.39 is 5.82 Å². The lowest BCUT2D eigenvalue weighted by atomic mass is 10.2. The molecule has 3 nitrogen and oxygen atoms in total. The van der Waals surface area contributed by atoms with Crippen molar-refractivity contribution in [3.05, 3.63) is 59.5 Å². The summed E-state index contributed by atoms with van der Waals surface area (Å²) in [5.74, 6) is -0.481. The first kappa shape index (κ1) is 15.6. The Morgan fingerprint density at radius 3 is 2.48 bits per heavy atom. The third-order valence-electron chi connectivity index (χ3n) is 3.80. The van der Waals surface area contributed by atoms with Crippen LogP contribution in [0.1, 0.15) is 16.1 Å². The molecule has 0 spiro atoms. The monoisotopic (exact) mass is 329 g/mol. The maximum Gasteiger partial charge on any atom is 0.262 e. The van der Waals surface area contributed by atoms with Crippen molar-refractivity contribution >= 4 is 28.6 Å². The second-order valence-corrected chi connectivity index (χ2v) is 6.08. The predicted octanol–water partition coefficient (Wildman–Crippen LogP) is 4.51. The number of halogens is 1. The lowest BCUT2D eigenvalue weighted by Gasteiger charge is -2.08. The number of aryl methyl sites for hydroxylation is 1. The summed E-state index contributed by atoms with van der Waals surface area (Å²) in [6.45, 7) is 1.83. The molecule has 0 unspecified atom stereocenters. The molecule has 2 aromatic carbocycles. The Hall–Kier alpha value is -2.27. The van der Waals surface area contributed by atoms with Crippen molar-refractivity contribution in [3.8, 4) is 5.75 Å². The average Bonchev–Trinajstić information content (AvgIpc) is 2.88. The standard InChI is InChI=1S/C18H16FNO2S/c1-11-8-13-9-17(22-2)15(19)10-16(13)20(11)18(21)12-4-6-14(23-3)7-5-12/h4-10H,1-3H3. The maximum absolute atomic E-state index is 14.0. The summed E-state index contributed by atoms with van der Waals surface area (Å²) < 4.78 is 20.6. The normalized spacial score (nSPS) is 11.0. The van der Waals surface area contributed by atoms with Crippen LogP contribution in [0.5, 0.6) is 5.75 Å². The van der Waals surface area contributed by atoms with Gasteiger partial charge in [0.25, 0.3) is 5.91 Å². The molecule has 5 heteroatoms. The van der Waals surface area contributed by atoms with Crippen molar-refractivity contribution in [2.24, 2.45) is 0 Å². The van der Waals surface area contributed by atoms with Crippen LogP contribution in [0.15, 0.2) is 47.4 Å². The van der Waals surface area contributed by atoms with E-state index in [1.807, 2.05) is 31.4 Å². The van der Waals surface area contributed by atoms with E-state index in [1.54, 1.807) is 30.0 Å². The second-order valence-electron chi connectivity index (χ2n) is 5.20. The van der Waals surface area contributed by atoms with E-state index in [9.17, 15) is 9.18 Å². The molecule has 3 rings (SSSR count). The fraction of sp³-hybridized carbons (Fsp3) is 0.167. The van der Waals surface area contributed by atoms with E-state index in [0.717, 1.165) is 16.0 Å². The number of thioether (sulfide) groups is 1. The average molecular weight is 329 g/mol. The Morgan fingerprint density at radius 2 is 1.87 bits per heavy atom. The zero-order valence-corrected chi connectivity index (χ0v) is 13.9. The van der Waals surface area contributed by atoms with Crippen molar-refractivity contribution in [1.82, 2.24) is 4.57 Å². The fourth-order valence-electron chi connectivity index (χ4n) is 2.64. The third kappa shape index (κ3) is 2.72. The molecule has 23 heavy (non-hydrogen) atoms. The summed E-state index contributed by atoms with van der Waals surface area (Å²) in [6.07, 6.45) is 1.98. The van der Waals surface area contributed by atoms with Crippen molar-refractivity contribution in [3.63, 3.8) is 0 Å². The molecular weight excluding hydrogens is 313 g/mol. The molecular formula is C18H16FNO2S. The molecule has 1 heterocycles. The van der Waals surface area contributed by atoms with Gasteiger partial charge in [-0.1, -0.05) is 0 Å². The van der Waals surface area contributed by atoms with E-state index in [2.05, 4.69) is 0 Å². The number of hydrogen-bond donors (Lipinski definition) is 0. The van der Waals surface area contributed by atoms with Crippen LogP contribution in [0.2, 0.25) is 0 Å². The van der Waals surface area contributed by atoms with Gasteiger partial charge in [0.05, 0.1) is 12.6 Å². The van der Waals surface area contributed by atoms with E-state index in [4.69, 9.17) is 4.74 Å². The molecule has 0 aliphatic rings. The minimum Gasteiger partial charge on any atom is -0.494 e. The highest BCUT2D eigenvalue weighted by Gasteiger charge is 2.17. The molecule has 0 aliphatic heterocycles. The lowest BCUT2D eigenvalue weighted by molar-refractivity contribution is 0.0963. The Balaban J connectivity index is 2.12. The van der Waals surface area contributed by atoms with Crippen LogP contribution in [-0.2, 0) is 0 Å². The summed E-state index contributed by atoms with van der Waals surface area (Å²) in [6, 6.07) is 12.2. The van der Waals surface area contributed by atoms with Gasteiger partial charge in [-0.25, -0.2) is 4.39 Å². The number of ether oxygens (including phenoxy) is 1. The Morgan fingerprint density at radius 1 is 1.17 bits per heavy atom. The van der Waals surface area contributed by atoms with Gasteiger partial charge in [0.1, 0.15) is 0 Å².